The van der Waals surface area contributed by atoms with E-state index in [1.807, 2.05) is 24.3 Å². The van der Waals surface area contributed by atoms with E-state index in [0.717, 1.165) is 29.5 Å². The van der Waals surface area contributed by atoms with Gasteiger partial charge in [-0.25, -0.2) is 4.98 Å². The lowest BCUT2D eigenvalue weighted by atomic mass is 10.3. The van der Waals surface area contributed by atoms with Crippen molar-refractivity contribution in [1.29, 1.82) is 0 Å². The van der Waals surface area contributed by atoms with Crippen LogP contribution in [0.3, 0.4) is 0 Å². The van der Waals surface area contributed by atoms with Crippen LogP contribution in [0.1, 0.15) is 6.92 Å². The normalized spacial score (nSPS) is 19.6. The van der Waals surface area contributed by atoms with Crippen molar-refractivity contribution in [3.8, 4) is 0 Å². The highest BCUT2D eigenvalue weighted by Crippen LogP contribution is 2.13. The molecule has 0 fully saturated rings. The zero-order chi connectivity index (χ0) is 11.0. The van der Waals surface area contributed by atoms with Gasteiger partial charge in [0, 0.05) is 6.04 Å². The first-order valence-corrected chi connectivity index (χ1v) is 5.34. The molecule has 1 aliphatic heterocycles. The fourth-order valence-corrected chi connectivity index (χ4v) is 1.75. The van der Waals surface area contributed by atoms with Gasteiger partial charge in [-0.3, -0.25) is 10.3 Å². The van der Waals surface area contributed by atoms with Crippen LogP contribution in [0, 0.1) is 0 Å². The first-order valence-electron chi connectivity index (χ1n) is 5.34. The third-order valence-electron chi connectivity index (χ3n) is 2.53. The molecular formula is C11H13N5. The van der Waals surface area contributed by atoms with Crippen LogP contribution in [0.5, 0.6) is 0 Å². The van der Waals surface area contributed by atoms with Gasteiger partial charge in [-0.2, -0.15) is 0 Å². The Morgan fingerprint density at radius 1 is 1.38 bits per heavy atom. The number of rotatable bonds is 1. The van der Waals surface area contributed by atoms with Gasteiger partial charge in [-0.1, -0.05) is 12.1 Å². The summed E-state index contributed by atoms with van der Waals surface area (Å²) in [6, 6.07) is 8.33. The minimum absolute atomic E-state index is 0.395. The van der Waals surface area contributed by atoms with Crippen LogP contribution in [0.25, 0.3) is 11.0 Å². The average Bonchev–Trinajstić information content (AvgIpc) is 2.84. The van der Waals surface area contributed by atoms with E-state index in [0.29, 0.717) is 6.04 Å². The molecule has 2 aromatic rings. The summed E-state index contributed by atoms with van der Waals surface area (Å²) in [5.41, 5.74) is 1.98. The van der Waals surface area contributed by atoms with Gasteiger partial charge < -0.3 is 10.3 Å². The Hall–Kier alpha value is -2.04. The number of anilines is 1. The van der Waals surface area contributed by atoms with Gasteiger partial charge in [0.25, 0.3) is 0 Å². The van der Waals surface area contributed by atoms with Gasteiger partial charge in [0.1, 0.15) is 0 Å². The van der Waals surface area contributed by atoms with Crippen LogP contribution >= 0.6 is 0 Å². The van der Waals surface area contributed by atoms with E-state index in [2.05, 4.69) is 32.5 Å². The maximum absolute atomic E-state index is 4.41. The monoisotopic (exact) mass is 215 g/mol. The maximum Gasteiger partial charge on any atom is 0.208 e. The second kappa shape index (κ2) is 3.52. The second-order valence-electron chi connectivity index (χ2n) is 3.96. The summed E-state index contributed by atoms with van der Waals surface area (Å²) in [5.74, 6) is 1.51. The molecule has 1 atom stereocenters. The molecule has 16 heavy (non-hydrogen) atoms. The van der Waals surface area contributed by atoms with Crippen LogP contribution < -0.4 is 10.6 Å². The molecule has 1 aromatic heterocycles. The number of aliphatic imine (C=N–C) groups is 1. The molecule has 0 radical (unpaired) electrons. The Bertz CT molecular complexity index is 509. The molecule has 0 aliphatic carbocycles. The summed E-state index contributed by atoms with van der Waals surface area (Å²) < 4.78 is 0. The summed E-state index contributed by atoms with van der Waals surface area (Å²) >= 11 is 0. The van der Waals surface area contributed by atoms with E-state index in [-0.39, 0.29) is 0 Å². The number of aromatic nitrogens is 2. The largest absolute Gasteiger partial charge is 0.352 e. The van der Waals surface area contributed by atoms with E-state index in [1.54, 1.807) is 0 Å². The lowest BCUT2D eigenvalue weighted by Gasteiger charge is -2.05. The Kier molecular flexibility index (Phi) is 2.02. The number of nitrogens with one attached hydrogen (secondary N) is 3. The Morgan fingerprint density at radius 3 is 3.00 bits per heavy atom. The molecule has 1 unspecified atom stereocenters. The summed E-state index contributed by atoms with van der Waals surface area (Å²) in [6.45, 7) is 2.90. The summed E-state index contributed by atoms with van der Waals surface area (Å²) in [4.78, 5) is 11.9. The Morgan fingerprint density at radius 2 is 2.25 bits per heavy atom. The third-order valence-corrected chi connectivity index (χ3v) is 2.53. The molecule has 2 heterocycles. The zero-order valence-electron chi connectivity index (χ0n) is 8.99. The predicted molar refractivity (Wildman–Crippen MR) is 64.6 cm³/mol. The van der Waals surface area contributed by atoms with Gasteiger partial charge in [0.15, 0.2) is 5.96 Å². The molecule has 82 valence electrons. The number of fused-ring (bicyclic) bond motifs is 1. The number of hydrogen-bond donors (Lipinski definition) is 3. The molecule has 0 spiro atoms. The molecular weight excluding hydrogens is 202 g/mol. The third kappa shape index (κ3) is 1.60. The number of aromatic amines is 1. The second-order valence-corrected chi connectivity index (χ2v) is 3.96. The molecule has 5 heteroatoms. The van der Waals surface area contributed by atoms with Crippen molar-refractivity contribution >= 4 is 22.9 Å². The number of nitrogens with zero attached hydrogens (tertiary/aromatic N) is 2. The molecule has 0 bridgehead atoms. The van der Waals surface area contributed by atoms with E-state index in [4.69, 9.17) is 0 Å². The van der Waals surface area contributed by atoms with Gasteiger partial charge in [0.05, 0.1) is 17.6 Å². The summed E-state index contributed by atoms with van der Waals surface area (Å²) in [7, 11) is 0. The SMILES string of the molecule is CC1CN=C(Nc2nc3ccccc3[nH]2)N1. The molecule has 5 nitrogen and oxygen atoms in total. The number of imidazole rings is 1. The van der Waals surface area contributed by atoms with Crippen molar-refractivity contribution in [2.75, 3.05) is 11.9 Å². The lowest BCUT2D eigenvalue weighted by molar-refractivity contribution is 0.725. The lowest BCUT2D eigenvalue weighted by Crippen LogP contribution is -2.32. The standard InChI is InChI=1S/C11H13N5/c1-7-6-12-10(13-7)16-11-14-8-4-2-3-5-9(8)15-11/h2-5,7H,6H2,1H3,(H3,12,13,14,15,16). The van der Waals surface area contributed by atoms with Crippen molar-refractivity contribution in [2.24, 2.45) is 4.99 Å². The van der Waals surface area contributed by atoms with Gasteiger partial charge in [-0.05, 0) is 19.1 Å². The maximum atomic E-state index is 4.41. The van der Waals surface area contributed by atoms with E-state index < -0.39 is 0 Å². The highest BCUT2D eigenvalue weighted by atomic mass is 15.3. The number of H-pyrrole nitrogens is 1. The molecule has 0 saturated carbocycles. The molecule has 0 saturated heterocycles. The first-order chi connectivity index (χ1) is 7.81. The van der Waals surface area contributed by atoms with Gasteiger partial charge in [0.2, 0.25) is 5.95 Å². The van der Waals surface area contributed by atoms with Crippen molar-refractivity contribution in [2.45, 2.75) is 13.0 Å². The molecule has 3 N–H and O–H groups in total. The fourth-order valence-electron chi connectivity index (χ4n) is 1.75. The van der Waals surface area contributed by atoms with E-state index in [1.165, 1.54) is 0 Å². The molecule has 1 aliphatic rings. The molecule has 1 aromatic carbocycles. The predicted octanol–water partition coefficient (Wildman–Crippen LogP) is 1.32. The van der Waals surface area contributed by atoms with Crippen molar-refractivity contribution in [1.82, 2.24) is 15.3 Å². The topological polar surface area (TPSA) is 65.1 Å². The highest BCUT2D eigenvalue weighted by Gasteiger charge is 2.13. The van der Waals surface area contributed by atoms with Gasteiger partial charge >= 0.3 is 0 Å². The van der Waals surface area contributed by atoms with Crippen LogP contribution in [0.2, 0.25) is 0 Å². The number of para-hydroxylation sites is 2. The van der Waals surface area contributed by atoms with E-state index >= 15 is 0 Å². The molecule has 0 amide bonds. The van der Waals surface area contributed by atoms with E-state index in [9.17, 15) is 0 Å². The van der Waals surface area contributed by atoms with Gasteiger partial charge in [-0.15, -0.1) is 0 Å². The summed E-state index contributed by atoms with van der Waals surface area (Å²) in [6.07, 6.45) is 0. The van der Waals surface area contributed by atoms with Crippen molar-refractivity contribution in [3.05, 3.63) is 24.3 Å². The minimum atomic E-state index is 0.395. The number of hydrogen-bond acceptors (Lipinski definition) is 4. The number of benzene rings is 1. The minimum Gasteiger partial charge on any atom is -0.352 e. The highest BCUT2D eigenvalue weighted by molar-refractivity contribution is 5.94. The Labute approximate surface area is 93.0 Å². The van der Waals surface area contributed by atoms with Crippen LogP contribution in [-0.2, 0) is 0 Å². The molecule has 3 rings (SSSR count). The number of guanidine groups is 1. The van der Waals surface area contributed by atoms with Crippen molar-refractivity contribution < 1.29 is 0 Å². The first kappa shape index (κ1) is 9.21. The van der Waals surface area contributed by atoms with Crippen molar-refractivity contribution in [3.63, 3.8) is 0 Å². The Balaban J connectivity index is 1.84. The van der Waals surface area contributed by atoms with Crippen LogP contribution in [0.4, 0.5) is 5.95 Å². The smallest absolute Gasteiger partial charge is 0.208 e. The van der Waals surface area contributed by atoms with Crippen LogP contribution in [-0.4, -0.2) is 28.5 Å². The summed E-state index contributed by atoms with van der Waals surface area (Å²) in [5, 5.41) is 6.36. The fraction of sp³-hybridized carbons (Fsp3) is 0.273. The quantitative estimate of drug-likeness (QED) is 0.672. The average molecular weight is 215 g/mol. The zero-order valence-corrected chi connectivity index (χ0v) is 8.99. The van der Waals surface area contributed by atoms with Crippen LogP contribution in [0.15, 0.2) is 29.3 Å².